The zero-order valence-electron chi connectivity index (χ0n) is 17.4. The molecule has 1 saturated heterocycles. The molecule has 1 aliphatic heterocycles. The molecule has 29 heavy (non-hydrogen) atoms. The molecule has 0 spiro atoms. The van der Waals surface area contributed by atoms with Gasteiger partial charge in [0.25, 0.3) is 5.91 Å². The number of amides is 1. The Morgan fingerprint density at radius 3 is 2.28 bits per heavy atom. The zero-order valence-corrected chi connectivity index (χ0v) is 17.4. The summed E-state index contributed by atoms with van der Waals surface area (Å²) in [5.41, 5.74) is 1.88. The van der Waals surface area contributed by atoms with E-state index in [2.05, 4.69) is 15.1 Å². The van der Waals surface area contributed by atoms with Crippen LogP contribution in [0.25, 0.3) is 0 Å². The van der Waals surface area contributed by atoms with E-state index in [1.54, 1.807) is 13.8 Å². The van der Waals surface area contributed by atoms with Gasteiger partial charge >= 0.3 is 6.18 Å². The van der Waals surface area contributed by atoms with E-state index < -0.39 is 23.8 Å². The van der Waals surface area contributed by atoms with Gasteiger partial charge in [0.15, 0.2) is 5.69 Å². The molecule has 2 aromatic heterocycles. The number of carbonyl (C=O) groups excluding carboxylic acids is 1. The molecule has 10 heteroatoms. The van der Waals surface area contributed by atoms with Crippen LogP contribution in [0.4, 0.5) is 13.2 Å². The van der Waals surface area contributed by atoms with E-state index in [9.17, 15) is 18.0 Å². The van der Waals surface area contributed by atoms with Gasteiger partial charge in [0.2, 0.25) is 0 Å². The molecule has 7 nitrogen and oxygen atoms in total. The molecular formula is C19H27F3N6O. The normalized spacial score (nSPS) is 16.1. The summed E-state index contributed by atoms with van der Waals surface area (Å²) in [6, 6.07) is -0.490. The fourth-order valence-corrected chi connectivity index (χ4v) is 3.74. The van der Waals surface area contributed by atoms with Crippen LogP contribution in [-0.4, -0.2) is 61.4 Å². The van der Waals surface area contributed by atoms with Gasteiger partial charge in [-0.3, -0.25) is 19.1 Å². The maximum absolute atomic E-state index is 13.6. The minimum atomic E-state index is -4.64. The molecule has 2 aromatic rings. The molecule has 0 aromatic carbocycles. The second-order valence-electron chi connectivity index (χ2n) is 7.78. The lowest BCUT2D eigenvalue weighted by molar-refractivity contribution is -0.145. The summed E-state index contributed by atoms with van der Waals surface area (Å²) in [6.45, 7) is 9.86. The summed E-state index contributed by atoms with van der Waals surface area (Å²) < 4.78 is 43.4. The van der Waals surface area contributed by atoms with Gasteiger partial charge in [0.1, 0.15) is 0 Å². The maximum atomic E-state index is 13.6. The van der Waals surface area contributed by atoms with E-state index in [1.165, 1.54) is 4.90 Å². The topological polar surface area (TPSA) is 59.2 Å². The van der Waals surface area contributed by atoms with E-state index in [1.807, 2.05) is 25.6 Å². The number of hydrogen-bond donors (Lipinski definition) is 0. The second-order valence-corrected chi connectivity index (χ2v) is 7.78. The lowest BCUT2D eigenvalue weighted by Gasteiger charge is -2.34. The van der Waals surface area contributed by atoms with Gasteiger partial charge in [-0.25, -0.2) is 0 Å². The smallest absolute Gasteiger partial charge is 0.336 e. The van der Waals surface area contributed by atoms with Crippen LogP contribution in [0.3, 0.4) is 0 Å². The van der Waals surface area contributed by atoms with Crippen LogP contribution >= 0.6 is 0 Å². The van der Waals surface area contributed by atoms with E-state index in [4.69, 9.17) is 0 Å². The van der Waals surface area contributed by atoms with Crippen molar-refractivity contribution in [1.29, 1.82) is 0 Å². The third-order valence-electron chi connectivity index (χ3n) is 5.48. The van der Waals surface area contributed by atoms with Crippen molar-refractivity contribution in [3.05, 3.63) is 34.4 Å². The van der Waals surface area contributed by atoms with Gasteiger partial charge in [-0.1, -0.05) is 0 Å². The molecule has 0 aliphatic carbocycles. The van der Waals surface area contributed by atoms with Crippen LogP contribution in [0.5, 0.6) is 0 Å². The van der Waals surface area contributed by atoms with Gasteiger partial charge < -0.3 is 4.90 Å². The van der Waals surface area contributed by atoms with Crippen molar-refractivity contribution in [2.24, 2.45) is 7.05 Å². The molecule has 1 fully saturated rings. The number of halogens is 3. The van der Waals surface area contributed by atoms with Crippen LogP contribution in [-0.2, 0) is 19.8 Å². The van der Waals surface area contributed by atoms with Gasteiger partial charge in [-0.05, 0) is 27.7 Å². The molecule has 160 valence electrons. The Bertz CT molecular complexity index is 891. The summed E-state index contributed by atoms with van der Waals surface area (Å²) in [5.74, 6) is -0.613. The van der Waals surface area contributed by atoms with E-state index in [-0.39, 0.29) is 5.56 Å². The number of hydrogen-bond acceptors (Lipinski definition) is 4. The van der Waals surface area contributed by atoms with Gasteiger partial charge in [0.05, 0.1) is 17.5 Å². The summed E-state index contributed by atoms with van der Waals surface area (Å²) in [5, 5.41) is 8.24. The fourth-order valence-electron chi connectivity index (χ4n) is 3.74. The fraction of sp³-hybridized carbons (Fsp3) is 0.632. The van der Waals surface area contributed by atoms with Gasteiger partial charge in [-0.2, -0.15) is 23.4 Å². The molecule has 1 aliphatic rings. The van der Waals surface area contributed by atoms with E-state index in [0.717, 1.165) is 27.8 Å². The molecular weight excluding hydrogens is 385 g/mol. The quantitative estimate of drug-likeness (QED) is 0.775. The lowest BCUT2D eigenvalue weighted by atomic mass is 10.1. The number of alkyl halides is 3. The lowest BCUT2D eigenvalue weighted by Crippen LogP contribution is -2.48. The van der Waals surface area contributed by atoms with Crippen molar-refractivity contribution < 1.29 is 18.0 Å². The van der Waals surface area contributed by atoms with Crippen molar-refractivity contribution in [3.8, 4) is 0 Å². The number of rotatable bonds is 4. The Hall–Kier alpha value is -2.36. The third-order valence-corrected chi connectivity index (χ3v) is 5.48. The number of aryl methyl sites for hydroxylation is 2. The SMILES string of the molecule is Cc1nn(C)c(C)c1CN1CCN(C(=O)c2cnn(C(C)C)c2C(F)(F)F)CC1. The minimum Gasteiger partial charge on any atom is -0.336 e. The number of nitrogens with zero attached hydrogens (tertiary/aromatic N) is 6. The molecule has 0 saturated carbocycles. The minimum absolute atomic E-state index is 0.376. The Kier molecular flexibility index (Phi) is 5.75. The molecule has 3 rings (SSSR count). The van der Waals surface area contributed by atoms with Crippen LogP contribution < -0.4 is 0 Å². The molecule has 0 unspecified atom stereocenters. The third kappa shape index (κ3) is 4.17. The Morgan fingerprint density at radius 2 is 1.79 bits per heavy atom. The first-order valence-corrected chi connectivity index (χ1v) is 9.66. The first-order chi connectivity index (χ1) is 13.5. The van der Waals surface area contributed by atoms with Crippen molar-refractivity contribution in [2.75, 3.05) is 26.2 Å². The van der Waals surface area contributed by atoms with Crippen molar-refractivity contribution in [2.45, 2.75) is 46.5 Å². The largest absolute Gasteiger partial charge is 0.433 e. The molecule has 0 bridgehead atoms. The summed E-state index contributed by atoms with van der Waals surface area (Å²) >= 11 is 0. The molecule has 0 N–H and O–H groups in total. The average molecular weight is 412 g/mol. The maximum Gasteiger partial charge on any atom is 0.433 e. The van der Waals surface area contributed by atoms with Crippen molar-refractivity contribution in [3.63, 3.8) is 0 Å². The Balaban J connectivity index is 1.71. The summed E-state index contributed by atoms with van der Waals surface area (Å²) in [4.78, 5) is 16.5. The highest BCUT2D eigenvalue weighted by molar-refractivity contribution is 5.95. The van der Waals surface area contributed by atoms with Crippen LogP contribution in [0.15, 0.2) is 6.20 Å². The first kappa shape index (κ1) is 21.4. The zero-order chi connectivity index (χ0) is 21.5. The predicted octanol–water partition coefficient (Wildman–Crippen LogP) is 2.79. The highest BCUT2D eigenvalue weighted by Crippen LogP contribution is 2.34. The highest BCUT2D eigenvalue weighted by atomic mass is 19.4. The van der Waals surface area contributed by atoms with E-state index in [0.29, 0.717) is 32.7 Å². The molecule has 0 atom stereocenters. The Morgan fingerprint density at radius 1 is 1.17 bits per heavy atom. The van der Waals surface area contributed by atoms with Crippen molar-refractivity contribution >= 4 is 5.91 Å². The molecule has 3 heterocycles. The van der Waals surface area contributed by atoms with E-state index >= 15 is 0 Å². The highest BCUT2D eigenvalue weighted by Gasteiger charge is 2.41. The summed E-state index contributed by atoms with van der Waals surface area (Å²) in [7, 11) is 1.90. The monoisotopic (exact) mass is 412 g/mol. The number of carbonyl (C=O) groups is 1. The number of aromatic nitrogens is 4. The van der Waals surface area contributed by atoms with Crippen LogP contribution in [0.1, 0.15) is 52.9 Å². The summed E-state index contributed by atoms with van der Waals surface area (Å²) in [6.07, 6.45) is -3.59. The van der Waals surface area contributed by atoms with Gasteiger partial charge in [-0.15, -0.1) is 0 Å². The van der Waals surface area contributed by atoms with Crippen LogP contribution in [0, 0.1) is 13.8 Å². The average Bonchev–Trinajstić information content (AvgIpc) is 3.19. The van der Waals surface area contributed by atoms with Crippen molar-refractivity contribution in [1.82, 2.24) is 29.4 Å². The standard InChI is InChI=1S/C19H27F3N6O/c1-12(2)28-17(19(20,21)22)15(10-23-28)18(29)27-8-6-26(7-9-27)11-16-13(3)24-25(5)14(16)4/h10,12H,6-9,11H2,1-5H3. The Labute approximate surface area is 168 Å². The predicted molar refractivity (Wildman–Crippen MR) is 101 cm³/mol. The molecule has 1 amide bonds. The first-order valence-electron chi connectivity index (χ1n) is 9.66. The van der Waals surface area contributed by atoms with Gasteiger partial charge in [0, 0.05) is 57.1 Å². The second kappa shape index (κ2) is 7.81. The molecule has 0 radical (unpaired) electrons. The van der Waals surface area contributed by atoms with Crippen LogP contribution in [0.2, 0.25) is 0 Å². The number of piperazine rings is 1.